The summed E-state index contributed by atoms with van der Waals surface area (Å²) in [5.41, 5.74) is 4.78. The predicted octanol–water partition coefficient (Wildman–Crippen LogP) is 5.77. The molecule has 10 heteroatoms. The third-order valence-corrected chi connectivity index (χ3v) is 8.47. The monoisotopic (exact) mass is 569 g/mol. The minimum atomic E-state index is -0.0967. The molecular weight excluding hydrogens is 538 g/mol. The van der Waals surface area contributed by atoms with Crippen molar-refractivity contribution in [3.8, 4) is 0 Å². The number of hydrogen-bond donors (Lipinski definition) is 2. The molecule has 2 amide bonds. The average Bonchev–Trinajstić information content (AvgIpc) is 3.85. The first-order valence-corrected chi connectivity index (χ1v) is 14.5. The van der Waals surface area contributed by atoms with Crippen molar-refractivity contribution in [1.82, 2.24) is 19.4 Å². The molecule has 0 bridgehead atoms. The van der Waals surface area contributed by atoms with Crippen LogP contribution in [0.5, 0.6) is 0 Å². The van der Waals surface area contributed by atoms with Gasteiger partial charge in [0.15, 0.2) is 5.65 Å². The lowest BCUT2D eigenvalue weighted by Gasteiger charge is -2.21. The topological polar surface area (TPSA) is 105 Å². The first-order chi connectivity index (χ1) is 19.7. The summed E-state index contributed by atoms with van der Waals surface area (Å²) < 4.78 is 2.05. The normalized spacial score (nSPS) is 21.3. The standard InChI is InChI=1S/C31H32ClN7O2/c1-31(2)12-28(40)39(16-31)25-9-20(18-6-7-18)14-38-15-22(36-29(25)38)13-33-26-11-27(35-17-34-26)37-30(41)24-10-23(24)19-4-3-5-21(32)8-19/h3-5,8-9,11,14-15,17-18,23-24H,6-7,10,12-13,16H2,1-2H3,(H2,33,34,35,37,41). The molecular formula is C31H32ClN7O2. The summed E-state index contributed by atoms with van der Waals surface area (Å²) in [5.74, 6) is 1.76. The van der Waals surface area contributed by atoms with Crippen molar-refractivity contribution in [3.05, 3.63) is 77.0 Å². The van der Waals surface area contributed by atoms with Crippen molar-refractivity contribution < 1.29 is 9.59 Å². The van der Waals surface area contributed by atoms with Gasteiger partial charge in [0.25, 0.3) is 0 Å². The lowest BCUT2D eigenvalue weighted by molar-refractivity contribution is -0.118. The second kappa shape index (κ2) is 9.83. The number of rotatable bonds is 8. The van der Waals surface area contributed by atoms with Crippen LogP contribution in [0.3, 0.4) is 0 Å². The van der Waals surface area contributed by atoms with Gasteiger partial charge in [-0.25, -0.2) is 15.0 Å². The minimum Gasteiger partial charge on any atom is -0.364 e. The van der Waals surface area contributed by atoms with E-state index in [1.165, 1.54) is 24.7 Å². The molecule has 3 aromatic heterocycles. The molecule has 7 rings (SSSR count). The van der Waals surface area contributed by atoms with Crippen LogP contribution in [-0.4, -0.2) is 37.7 Å². The van der Waals surface area contributed by atoms with Gasteiger partial charge in [0.2, 0.25) is 11.8 Å². The van der Waals surface area contributed by atoms with Gasteiger partial charge in [-0.1, -0.05) is 37.6 Å². The molecule has 0 radical (unpaired) electrons. The smallest absolute Gasteiger partial charge is 0.229 e. The zero-order chi connectivity index (χ0) is 28.3. The SMILES string of the molecule is CC1(C)CC(=O)N(c2cc(C3CC3)cn3cc(CNc4cc(NC(=O)C5CC5c5cccc(Cl)c5)ncn4)nc23)C1. The first kappa shape index (κ1) is 26.0. The third-order valence-electron chi connectivity index (χ3n) is 8.23. The quantitative estimate of drug-likeness (QED) is 0.279. The van der Waals surface area contributed by atoms with E-state index in [1.807, 2.05) is 35.4 Å². The molecule has 4 heterocycles. The predicted molar refractivity (Wildman–Crippen MR) is 158 cm³/mol. The van der Waals surface area contributed by atoms with Crippen LogP contribution in [0.25, 0.3) is 5.65 Å². The highest BCUT2D eigenvalue weighted by Gasteiger charge is 2.44. The molecule has 1 aliphatic heterocycles. The van der Waals surface area contributed by atoms with Crippen LogP contribution in [-0.2, 0) is 16.1 Å². The Balaban J connectivity index is 1.05. The second-order valence-corrected chi connectivity index (χ2v) is 12.8. The van der Waals surface area contributed by atoms with Crippen LogP contribution in [0.4, 0.5) is 17.3 Å². The average molecular weight is 570 g/mol. The summed E-state index contributed by atoms with van der Waals surface area (Å²) in [4.78, 5) is 41.2. The fourth-order valence-corrected chi connectivity index (χ4v) is 6.08. The Morgan fingerprint density at radius 1 is 1.10 bits per heavy atom. The minimum absolute atomic E-state index is 0.0568. The van der Waals surface area contributed by atoms with E-state index in [-0.39, 0.29) is 29.1 Å². The van der Waals surface area contributed by atoms with Crippen molar-refractivity contribution in [2.24, 2.45) is 11.3 Å². The number of fused-ring (bicyclic) bond motifs is 1. The summed E-state index contributed by atoms with van der Waals surface area (Å²) in [7, 11) is 0. The van der Waals surface area contributed by atoms with Gasteiger partial charge in [-0.15, -0.1) is 0 Å². The summed E-state index contributed by atoms with van der Waals surface area (Å²) >= 11 is 6.12. The number of imidazole rings is 1. The third kappa shape index (κ3) is 5.38. The maximum absolute atomic E-state index is 12.9. The van der Waals surface area contributed by atoms with Crippen molar-refractivity contribution in [2.45, 2.75) is 57.9 Å². The Bertz CT molecular complexity index is 1680. The molecule has 210 valence electrons. The lowest BCUT2D eigenvalue weighted by Crippen LogP contribution is -2.26. The highest BCUT2D eigenvalue weighted by molar-refractivity contribution is 6.30. The largest absolute Gasteiger partial charge is 0.364 e. The molecule has 2 N–H and O–H groups in total. The molecule has 2 aliphatic carbocycles. The van der Waals surface area contributed by atoms with Crippen molar-refractivity contribution in [3.63, 3.8) is 0 Å². The van der Waals surface area contributed by atoms with Crippen LogP contribution in [0.1, 0.15) is 68.2 Å². The number of aromatic nitrogens is 4. The highest BCUT2D eigenvalue weighted by Crippen LogP contribution is 2.48. The number of carbonyl (C=O) groups excluding carboxylic acids is 2. The maximum atomic E-state index is 12.9. The van der Waals surface area contributed by atoms with Gasteiger partial charge >= 0.3 is 0 Å². The van der Waals surface area contributed by atoms with E-state index in [1.54, 1.807) is 6.07 Å². The molecule has 3 aliphatic rings. The Morgan fingerprint density at radius 3 is 2.68 bits per heavy atom. The fraction of sp³-hybridized carbons (Fsp3) is 0.387. The van der Waals surface area contributed by atoms with E-state index in [2.05, 4.69) is 51.1 Å². The van der Waals surface area contributed by atoms with Crippen LogP contribution < -0.4 is 15.5 Å². The fourth-order valence-electron chi connectivity index (χ4n) is 5.89. The zero-order valence-electron chi connectivity index (χ0n) is 23.1. The lowest BCUT2D eigenvalue weighted by atomic mass is 9.93. The van der Waals surface area contributed by atoms with Crippen LogP contribution in [0, 0.1) is 11.3 Å². The molecule has 0 spiro atoms. The molecule has 3 fully saturated rings. The van der Waals surface area contributed by atoms with Crippen molar-refractivity contribution in [1.29, 1.82) is 0 Å². The number of nitrogens with one attached hydrogen (secondary N) is 2. The van der Waals surface area contributed by atoms with E-state index < -0.39 is 0 Å². The summed E-state index contributed by atoms with van der Waals surface area (Å²) in [5, 5.41) is 6.92. The second-order valence-electron chi connectivity index (χ2n) is 12.4. The Morgan fingerprint density at radius 2 is 1.93 bits per heavy atom. The molecule has 1 saturated heterocycles. The zero-order valence-corrected chi connectivity index (χ0v) is 23.9. The molecule has 41 heavy (non-hydrogen) atoms. The molecule has 2 saturated carbocycles. The van der Waals surface area contributed by atoms with Crippen LogP contribution in [0.15, 0.2) is 55.1 Å². The summed E-state index contributed by atoms with van der Waals surface area (Å²) in [6, 6.07) is 11.6. The number of amides is 2. The summed E-state index contributed by atoms with van der Waals surface area (Å²) in [6.45, 7) is 5.39. The van der Waals surface area contributed by atoms with Gasteiger partial charge in [-0.3, -0.25) is 9.59 Å². The van der Waals surface area contributed by atoms with Gasteiger partial charge in [0.1, 0.15) is 18.0 Å². The van der Waals surface area contributed by atoms with E-state index in [4.69, 9.17) is 16.6 Å². The number of hydrogen-bond acceptors (Lipinski definition) is 6. The Labute approximate surface area is 243 Å². The number of nitrogens with zero attached hydrogens (tertiary/aromatic N) is 5. The van der Waals surface area contributed by atoms with Crippen LogP contribution in [0.2, 0.25) is 5.02 Å². The van der Waals surface area contributed by atoms with Crippen molar-refractivity contribution >= 4 is 46.4 Å². The number of carbonyl (C=O) groups is 2. The number of halogens is 1. The van der Waals surface area contributed by atoms with Crippen molar-refractivity contribution in [2.75, 3.05) is 22.1 Å². The summed E-state index contributed by atoms with van der Waals surface area (Å²) in [6.07, 6.45) is 9.29. The van der Waals surface area contributed by atoms with Gasteiger partial charge in [0, 0.05) is 42.4 Å². The Hall–Kier alpha value is -3.98. The van der Waals surface area contributed by atoms with E-state index in [9.17, 15) is 9.59 Å². The number of anilines is 3. The van der Waals surface area contributed by atoms with Gasteiger partial charge < -0.3 is 19.9 Å². The van der Waals surface area contributed by atoms with E-state index >= 15 is 0 Å². The molecule has 1 aromatic carbocycles. The highest BCUT2D eigenvalue weighted by atomic mass is 35.5. The van der Waals surface area contributed by atoms with Gasteiger partial charge in [-0.05, 0) is 65.8 Å². The molecule has 4 aromatic rings. The first-order valence-electron chi connectivity index (χ1n) is 14.2. The van der Waals surface area contributed by atoms with Gasteiger partial charge in [0.05, 0.1) is 17.9 Å². The molecule has 9 nitrogen and oxygen atoms in total. The van der Waals surface area contributed by atoms with Gasteiger partial charge in [-0.2, -0.15) is 0 Å². The van der Waals surface area contributed by atoms with E-state index in [0.29, 0.717) is 42.1 Å². The number of pyridine rings is 1. The number of benzene rings is 1. The molecule has 2 atom stereocenters. The Kier molecular flexibility index (Phi) is 6.23. The molecule has 2 unspecified atom stereocenters. The maximum Gasteiger partial charge on any atom is 0.229 e. The van der Waals surface area contributed by atoms with Crippen LogP contribution >= 0.6 is 11.6 Å². The van der Waals surface area contributed by atoms with E-state index in [0.717, 1.165) is 29.0 Å².